The Labute approximate surface area is 201 Å². The summed E-state index contributed by atoms with van der Waals surface area (Å²) in [6.45, 7) is 0. The molecule has 0 saturated carbocycles. The van der Waals surface area contributed by atoms with E-state index in [1.54, 1.807) is 0 Å². The minimum absolute atomic E-state index is 1.21. The van der Waals surface area contributed by atoms with Gasteiger partial charge in [-0.15, -0.1) is 0 Å². The summed E-state index contributed by atoms with van der Waals surface area (Å²) in [5.41, 5.74) is 7.83. The fraction of sp³-hybridized carbons (Fsp3) is 0. The summed E-state index contributed by atoms with van der Waals surface area (Å²) >= 11 is 0. The summed E-state index contributed by atoms with van der Waals surface area (Å²) < 4.78 is 2.46. The van der Waals surface area contributed by atoms with Crippen molar-refractivity contribution in [2.45, 2.75) is 0 Å². The first kappa shape index (κ1) is 17.8. The Morgan fingerprint density at radius 1 is 0.400 bits per heavy atom. The summed E-state index contributed by atoms with van der Waals surface area (Å²) in [5, 5.41) is 12.2. The van der Waals surface area contributed by atoms with Crippen LogP contribution in [0, 0.1) is 0 Å². The molecule has 35 heavy (non-hydrogen) atoms. The second-order valence-corrected chi connectivity index (χ2v) is 9.69. The van der Waals surface area contributed by atoms with Gasteiger partial charge in [0, 0.05) is 27.6 Å². The molecule has 7 aromatic carbocycles. The molecular weight excluding hydrogens is 422 g/mol. The van der Waals surface area contributed by atoms with Gasteiger partial charge in [-0.05, 0) is 61.5 Å². The molecule has 160 valence electrons. The van der Waals surface area contributed by atoms with Gasteiger partial charge in [0.2, 0.25) is 0 Å². The van der Waals surface area contributed by atoms with Crippen LogP contribution < -0.4 is 0 Å². The number of aromatic nitrogens is 1. The van der Waals surface area contributed by atoms with Gasteiger partial charge in [0.25, 0.3) is 0 Å². The monoisotopic (exact) mass is 441 g/mol. The van der Waals surface area contributed by atoms with Crippen molar-refractivity contribution in [3.05, 3.63) is 115 Å². The minimum Gasteiger partial charge on any atom is -0.309 e. The SMILES string of the molecule is c1ccc(-n2c3c(c4ccccc42)-c2ccc4c5cccc6cccc(c7ccc-3c2c47)c65)cc1. The predicted octanol–water partition coefficient (Wildman–Crippen LogP) is 9.33. The first-order valence-corrected chi connectivity index (χ1v) is 12.2. The second-order valence-electron chi connectivity index (χ2n) is 9.69. The Hall–Kier alpha value is -4.62. The van der Waals surface area contributed by atoms with Crippen LogP contribution in [0.4, 0.5) is 0 Å². The molecule has 1 aliphatic rings. The second kappa shape index (κ2) is 6.08. The van der Waals surface area contributed by atoms with E-state index in [2.05, 4.69) is 120 Å². The van der Waals surface area contributed by atoms with Crippen LogP contribution >= 0.6 is 0 Å². The Balaban J connectivity index is 1.53. The lowest BCUT2D eigenvalue weighted by Gasteiger charge is -2.16. The van der Waals surface area contributed by atoms with E-state index in [0.29, 0.717) is 0 Å². The molecule has 1 heteroatoms. The zero-order chi connectivity index (χ0) is 22.7. The predicted molar refractivity (Wildman–Crippen MR) is 149 cm³/mol. The zero-order valence-corrected chi connectivity index (χ0v) is 18.9. The highest BCUT2D eigenvalue weighted by molar-refractivity contribution is 6.38. The molecule has 1 heterocycles. The fourth-order valence-electron chi connectivity index (χ4n) is 6.75. The van der Waals surface area contributed by atoms with Gasteiger partial charge in [0.05, 0.1) is 11.2 Å². The molecule has 0 N–H and O–H groups in total. The van der Waals surface area contributed by atoms with Crippen molar-refractivity contribution in [2.75, 3.05) is 0 Å². The van der Waals surface area contributed by atoms with Crippen molar-refractivity contribution in [3.63, 3.8) is 0 Å². The van der Waals surface area contributed by atoms with Crippen molar-refractivity contribution in [2.24, 2.45) is 0 Å². The lowest BCUT2D eigenvalue weighted by atomic mass is 9.88. The van der Waals surface area contributed by atoms with Crippen molar-refractivity contribution >= 4 is 54.0 Å². The van der Waals surface area contributed by atoms with Gasteiger partial charge in [0.1, 0.15) is 0 Å². The molecule has 0 unspecified atom stereocenters. The molecule has 0 atom stereocenters. The molecule has 0 spiro atoms. The molecule has 1 nitrogen and oxygen atoms in total. The van der Waals surface area contributed by atoms with Gasteiger partial charge in [-0.3, -0.25) is 0 Å². The average molecular weight is 442 g/mol. The third-order valence-electron chi connectivity index (χ3n) is 8.06. The standard InChI is InChI=1S/C34H19N/c1-2-10-21(11-3-1)35-29-15-5-4-12-26(29)33-27-18-16-24-22-13-6-8-20-9-7-14-23(30(20)22)25-17-19-28(34(33)35)32(27)31(24)25/h1-19H. The first-order chi connectivity index (χ1) is 17.4. The van der Waals surface area contributed by atoms with Gasteiger partial charge in [0.15, 0.2) is 0 Å². The Morgan fingerprint density at radius 3 is 1.80 bits per heavy atom. The van der Waals surface area contributed by atoms with E-state index < -0.39 is 0 Å². The van der Waals surface area contributed by atoms with E-state index in [1.165, 1.54) is 82.1 Å². The van der Waals surface area contributed by atoms with Gasteiger partial charge >= 0.3 is 0 Å². The molecule has 9 rings (SSSR count). The highest BCUT2D eigenvalue weighted by Gasteiger charge is 2.30. The van der Waals surface area contributed by atoms with E-state index in [4.69, 9.17) is 0 Å². The quantitative estimate of drug-likeness (QED) is 0.177. The molecule has 0 amide bonds. The maximum absolute atomic E-state index is 2.46. The molecule has 8 aromatic rings. The van der Waals surface area contributed by atoms with Crippen molar-refractivity contribution in [1.29, 1.82) is 0 Å². The van der Waals surface area contributed by atoms with Crippen LogP contribution in [0.3, 0.4) is 0 Å². The van der Waals surface area contributed by atoms with Crippen LogP contribution in [0.2, 0.25) is 0 Å². The van der Waals surface area contributed by atoms with Crippen LogP contribution in [0.25, 0.3) is 82.1 Å². The van der Waals surface area contributed by atoms with Crippen molar-refractivity contribution < 1.29 is 0 Å². The van der Waals surface area contributed by atoms with Gasteiger partial charge in [-0.1, -0.05) is 97.1 Å². The summed E-state index contributed by atoms with van der Waals surface area (Å²) in [7, 11) is 0. The van der Waals surface area contributed by atoms with E-state index in [0.717, 1.165) is 0 Å². The molecule has 0 saturated heterocycles. The molecular formula is C34H19N. The normalized spacial score (nSPS) is 12.6. The minimum atomic E-state index is 1.21. The van der Waals surface area contributed by atoms with Crippen LogP contribution in [-0.2, 0) is 0 Å². The van der Waals surface area contributed by atoms with Gasteiger partial charge < -0.3 is 4.57 Å². The van der Waals surface area contributed by atoms with E-state index in [-0.39, 0.29) is 0 Å². The van der Waals surface area contributed by atoms with E-state index >= 15 is 0 Å². The molecule has 1 aliphatic carbocycles. The summed E-state index contributed by atoms with van der Waals surface area (Å²) in [5.74, 6) is 0. The van der Waals surface area contributed by atoms with Crippen LogP contribution in [-0.4, -0.2) is 4.57 Å². The number of rotatable bonds is 1. The largest absolute Gasteiger partial charge is 0.309 e. The highest BCUT2D eigenvalue weighted by atomic mass is 15.0. The lowest BCUT2D eigenvalue weighted by Crippen LogP contribution is -1.96. The van der Waals surface area contributed by atoms with Crippen LogP contribution in [0.1, 0.15) is 0 Å². The van der Waals surface area contributed by atoms with Crippen LogP contribution in [0.5, 0.6) is 0 Å². The number of benzene rings is 7. The Kier molecular flexibility index (Phi) is 3.09. The number of hydrogen-bond acceptors (Lipinski definition) is 0. The first-order valence-electron chi connectivity index (χ1n) is 12.2. The Morgan fingerprint density at radius 2 is 1.03 bits per heavy atom. The maximum atomic E-state index is 2.46. The highest BCUT2D eigenvalue weighted by Crippen LogP contribution is 2.55. The third kappa shape index (κ3) is 2.02. The average Bonchev–Trinajstić information content (AvgIpc) is 3.43. The maximum Gasteiger partial charge on any atom is 0.0626 e. The number of fused-ring (bicyclic) bond motifs is 7. The van der Waals surface area contributed by atoms with Crippen molar-refractivity contribution in [1.82, 2.24) is 4.57 Å². The fourth-order valence-corrected chi connectivity index (χ4v) is 6.75. The van der Waals surface area contributed by atoms with Gasteiger partial charge in [-0.25, -0.2) is 0 Å². The number of para-hydroxylation sites is 2. The summed E-state index contributed by atoms with van der Waals surface area (Å²) in [6.07, 6.45) is 0. The third-order valence-corrected chi connectivity index (χ3v) is 8.06. The smallest absolute Gasteiger partial charge is 0.0626 e. The Bertz CT molecular complexity index is 2090. The number of hydrogen-bond donors (Lipinski definition) is 0. The molecule has 0 radical (unpaired) electrons. The van der Waals surface area contributed by atoms with Gasteiger partial charge in [-0.2, -0.15) is 0 Å². The van der Waals surface area contributed by atoms with E-state index in [9.17, 15) is 0 Å². The lowest BCUT2D eigenvalue weighted by molar-refractivity contribution is 1.14. The summed E-state index contributed by atoms with van der Waals surface area (Å²) in [4.78, 5) is 0. The zero-order valence-electron chi connectivity index (χ0n) is 18.9. The topological polar surface area (TPSA) is 4.93 Å². The van der Waals surface area contributed by atoms with Crippen molar-refractivity contribution in [3.8, 4) is 28.1 Å². The summed E-state index contributed by atoms with van der Waals surface area (Å²) in [6, 6.07) is 42.5. The molecule has 0 fully saturated rings. The molecule has 0 aliphatic heterocycles. The van der Waals surface area contributed by atoms with E-state index in [1.807, 2.05) is 0 Å². The molecule has 0 bridgehead atoms. The number of nitrogens with zero attached hydrogens (tertiary/aromatic N) is 1. The molecule has 1 aromatic heterocycles. The van der Waals surface area contributed by atoms with Crippen LogP contribution in [0.15, 0.2) is 115 Å².